The molecule has 30 heavy (non-hydrogen) atoms. The lowest BCUT2D eigenvalue weighted by Crippen LogP contribution is -2.51. The van der Waals surface area contributed by atoms with Gasteiger partial charge in [-0.15, -0.1) is 0 Å². The van der Waals surface area contributed by atoms with E-state index in [1.807, 2.05) is 0 Å². The summed E-state index contributed by atoms with van der Waals surface area (Å²) in [5, 5.41) is 5.01. The van der Waals surface area contributed by atoms with E-state index < -0.39 is 23.2 Å². The molecule has 9 heteroatoms. The number of aromatic nitrogens is 2. The molecular weight excluding hydrogens is 391 g/mol. The average Bonchev–Trinajstić information content (AvgIpc) is 3.24. The summed E-state index contributed by atoms with van der Waals surface area (Å²) in [6.07, 6.45) is 0. The Morgan fingerprint density at radius 1 is 1.07 bits per heavy atom. The Bertz CT molecular complexity index is 1140. The minimum absolute atomic E-state index is 0.0285. The SMILES string of the molecule is CCOC(=O)C1(C(=O)OCC)C(=Nc2ccc(F)cc2)Nn2nc3ccccc3c21. The van der Waals surface area contributed by atoms with Crippen molar-refractivity contribution in [3.63, 3.8) is 0 Å². The lowest BCUT2D eigenvalue weighted by molar-refractivity contribution is -0.160. The van der Waals surface area contributed by atoms with Gasteiger partial charge in [0.15, 0.2) is 5.84 Å². The monoisotopic (exact) mass is 410 g/mol. The highest BCUT2D eigenvalue weighted by Crippen LogP contribution is 2.39. The quantitative estimate of drug-likeness (QED) is 0.513. The molecule has 0 radical (unpaired) electrons. The number of hydrogen-bond acceptors (Lipinski definition) is 6. The van der Waals surface area contributed by atoms with Gasteiger partial charge in [-0.1, -0.05) is 18.2 Å². The summed E-state index contributed by atoms with van der Waals surface area (Å²) in [6, 6.07) is 12.4. The summed E-state index contributed by atoms with van der Waals surface area (Å²) in [6.45, 7) is 3.39. The molecule has 4 rings (SSSR count). The Morgan fingerprint density at radius 2 is 1.70 bits per heavy atom. The third-order valence-corrected chi connectivity index (χ3v) is 4.73. The summed E-state index contributed by atoms with van der Waals surface area (Å²) in [5.74, 6) is -2.12. The molecule has 0 atom stereocenters. The number of fused-ring (bicyclic) bond motifs is 3. The van der Waals surface area contributed by atoms with E-state index in [1.54, 1.807) is 38.1 Å². The van der Waals surface area contributed by atoms with Gasteiger partial charge in [-0.3, -0.25) is 5.43 Å². The second-order valence-corrected chi connectivity index (χ2v) is 6.52. The highest BCUT2D eigenvalue weighted by molar-refractivity contribution is 6.32. The molecular formula is C21H19FN4O4. The van der Waals surface area contributed by atoms with Gasteiger partial charge in [-0.2, -0.15) is 9.89 Å². The fraction of sp³-hybridized carbons (Fsp3) is 0.238. The van der Waals surface area contributed by atoms with Gasteiger partial charge in [-0.05, 0) is 44.2 Å². The van der Waals surface area contributed by atoms with Gasteiger partial charge in [0.2, 0.25) is 0 Å². The van der Waals surface area contributed by atoms with Crippen molar-refractivity contribution in [2.75, 3.05) is 18.6 Å². The molecule has 0 aliphatic carbocycles. The molecule has 1 aliphatic rings. The fourth-order valence-corrected chi connectivity index (χ4v) is 3.47. The molecule has 0 unspecified atom stereocenters. The summed E-state index contributed by atoms with van der Waals surface area (Å²) < 4.78 is 23.9. The highest BCUT2D eigenvalue weighted by Gasteiger charge is 2.62. The van der Waals surface area contributed by atoms with Crippen LogP contribution in [0.25, 0.3) is 10.9 Å². The molecule has 1 aliphatic heterocycles. The molecule has 8 nitrogen and oxygen atoms in total. The Balaban J connectivity index is 2.01. The number of carbonyl (C=O) groups is 2. The van der Waals surface area contributed by atoms with E-state index in [0.717, 1.165) is 0 Å². The first-order chi connectivity index (χ1) is 14.5. The molecule has 0 fully saturated rings. The predicted octanol–water partition coefficient (Wildman–Crippen LogP) is 2.83. The molecule has 2 heterocycles. The summed E-state index contributed by atoms with van der Waals surface area (Å²) >= 11 is 0. The van der Waals surface area contributed by atoms with Crippen LogP contribution in [0.2, 0.25) is 0 Å². The van der Waals surface area contributed by atoms with E-state index in [-0.39, 0.29) is 24.7 Å². The van der Waals surface area contributed by atoms with Crippen LogP contribution in [0, 0.1) is 5.82 Å². The summed E-state index contributed by atoms with van der Waals surface area (Å²) in [7, 11) is 0. The van der Waals surface area contributed by atoms with Crippen molar-refractivity contribution in [2.24, 2.45) is 4.99 Å². The van der Waals surface area contributed by atoms with E-state index in [2.05, 4.69) is 15.5 Å². The van der Waals surface area contributed by atoms with Crippen LogP contribution in [0.4, 0.5) is 10.1 Å². The van der Waals surface area contributed by atoms with Gasteiger partial charge in [0.05, 0.1) is 24.4 Å². The van der Waals surface area contributed by atoms with Crippen molar-refractivity contribution in [2.45, 2.75) is 19.3 Å². The number of halogens is 1. The third-order valence-electron chi connectivity index (χ3n) is 4.73. The van der Waals surface area contributed by atoms with Crippen LogP contribution in [-0.4, -0.2) is 40.9 Å². The second kappa shape index (κ2) is 7.58. The van der Waals surface area contributed by atoms with Crippen LogP contribution in [0.15, 0.2) is 53.5 Å². The van der Waals surface area contributed by atoms with Crippen molar-refractivity contribution in [1.29, 1.82) is 0 Å². The lowest BCUT2D eigenvalue weighted by Gasteiger charge is -2.24. The Hall–Kier alpha value is -3.75. The Labute approximate surface area is 171 Å². The first kappa shape index (κ1) is 19.6. The van der Waals surface area contributed by atoms with Gasteiger partial charge >= 0.3 is 11.9 Å². The minimum Gasteiger partial charge on any atom is -0.464 e. The van der Waals surface area contributed by atoms with Crippen LogP contribution in [0.3, 0.4) is 0 Å². The normalized spacial score (nSPS) is 15.6. The molecule has 0 bridgehead atoms. The van der Waals surface area contributed by atoms with Crippen molar-refractivity contribution >= 4 is 34.4 Å². The third kappa shape index (κ3) is 2.90. The predicted molar refractivity (Wildman–Crippen MR) is 108 cm³/mol. The molecule has 3 aromatic rings. The van der Waals surface area contributed by atoms with Crippen molar-refractivity contribution < 1.29 is 23.5 Å². The van der Waals surface area contributed by atoms with E-state index in [1.165, 1.54) is 29.1 Å². The van der Waals surface area contributed by atoms with Crippen LogP contribution in [0.1, 0.15) is 19.5 Å². The zero-order valence-corrected chi connectivity index (χ0v) is 16.4. The number of aliphatic imine (C=N–C) groups is 1. The summed E-state index contributed by atoms with van der Waals surface area (Å²) in [5.41, 5.74) is 2.10. The smallest absolute Gasteiger partial charge is 0.337 e. The minimum atomic E-state index is -2.00. The molecule has 0 saturated heterocycles. The molecule has 0 spiro atoms. The number of hydrogen-bond donors (Lipinski definition) is 1. The Kier molecular flexibility index (Phi) is 4.94. The van der Waals surface area contributed by atoms with Gasteiger partial charge in [-0.25, -0.2) is 19.0 Å². The van der Waals surface area contributed by atoms with E-state index in [0.29, 0.717) is 16.6 Å². The maximum Gasteiger partial charge on any atom is 0.337 e. The second-order valence-electron chi connectivity index (χ2n) is 6.52. The van der Waals surface area contributed by atoms with Gasteiger partial charge < -0.3 is 9.47 Å². The van der Waals surface area contributed by atoms with Crippen LogP contribution in [0.5, 0.6) is 0 Å². The zero-order chi connectivity index (χ0) is 21.3. The van der Waals surface area contributed by atoms with Crippen LogP contribution in [-0.2, 0) is 24.5 Å². The maximum atomic E-state index is 13.3. The topological polar surface area (TPSA) is 94.8 Å². The van der Waals surface area contributed by atoms with Crippen molar-refractivity contribution in [3.05, 3.63) is 60.0 Å². The zero-order valence-electron chi connectivity index (χ0n) is 16.4. The number of benzene rings is 2. The van der Waals surface area contributed by atoms with Crippen molar-refractivity contribution in [3.8, 4) is 0 Å². The first-order valence-electron chi connectivity index (χ1n) is 9.46. The van der Waals surface area contributed by atoms with Gasteiger partial charge in [0.1, 0.15) is 11.5 Å². The Morgan fingerprint density at radius 3 is 2.33 bits per heavy atom. The molecule has 1 N–H and O–H groups in total. The molecule has 0 saturated carbocycles. The number of nitrogens with one attached hydrogen (secondary N) is 1. The van der Waals surface area contributed by atoms with Gasteiger partial charge in [0, 0.05) is 5.39 Å². The van der Waals surface area contributed by atoms with Crippen LogP contribution < -0.4 is 5.43 Å². The standard InChI is InChI=1S/C21H19FN4O4/c1-3-29-19(27)21(20(28)30-4-2)17-15-7-5-6-8-16(15)24-26(17)25-18(21)23-14-11-9-13(22)10-12-14/h5-12H,3-4H2,1-2H3,(H,23,25). The largest absolute Gasteiger partial charge is 0.464 e. The van der Waals surface area contributed by atoms with E-state index in [4.69, 9.17) is 9.47 Å². The number of esters is 2. The fourth-order valence-electron chi connectivity index (χ4n) is 3.47. The highest BCUT2D eigenvalue weighted by atomic mass is 19.1. The average molecular weight is 410 g/mol. The first-order valence-corrected chi connectivity index (χ1v) is 9.46. The molecule has 0 amide bonds. The number of carbonyl (C=O) groups excluding carboxylic acids is 2. The number of rotatable bonds is 5. The maximum absolute atomic E-state index is 13.3. The molecule has 154 valence electrons. The van der Waals surface area contributed by atoms with Gasteiger partial charge in [0.25, 0.3) is 5.41 Å². The lowest BCUT2D eigenvalue weighted by atomic mass is 9.82. The summed E-state index contributed by atoms with van der Waals surface area (Å²) in [4.78, 5) is 32.4. The molecule has 1 aromatic heterocycles. The number of ether oxygens (including phenoxy) is 2. The van der Waals surface area contributed by atoms with E-state index in [9.17, 15) is 14.0 Å². The van der Waals surface area contributed by atoms with E-state index >= 15 is 0 Å². The number of amidine groups is 1. The van der Waals surface area contributed by atoms with Crippen LogP contribution >= 0.6 is 0 Å². The number of nitrogens with zero attached hydrogens (tertiary/aromatic N) is 3. The van der Waals surface area contributed by atoms with Crippen molar-refractivity contribution in [1.82, 2.24) is 9.89 Å². The molecule has 2 aromatic carbocycles.